The van der Waals surface area contributed by atoms with Crippen molar-refractivity contribution < 1.29 is 24.2 Å². The molecule has 0 bridgehead atoms. The summed E-state index contributed by atoms with van der Waals surface area (Å²) in [5.74, 6) is 0.177. The van der Waals surface area contributed by atoms with Crippen molar-refractivity contribution in [2.75, 3.05) is 26.1 Å². The number of anilines is 1. The number of unbranched alkanes of at least 4 members (excludes halogenated alkanes) is 2. The van der Waals surface area contributed by atoms with Crippen LogP contribution in [-0.4, -0.2) is 46.9 Å². The zero-order valence-electron chi connectivity index (χ0n) is 18.8. The summed E-state index contributed by atoms with van der Waals surface area (Å²) in [6, 6.07) is 10.2. The second-order valence-electron chi connectivity index (χ2n) is 7.47. The molecule has 0 aromatic heterocycles. The fourth-order valence-electron chi connectivity index (χ4n) is 3.33. The summed E-state index contributed by atoms with van der Waals surface area (Å²) in [5, 5.41) is 13.5. The average molecular weight is 521 g/mol. The number of ether oxygens (including phenoxy) is 2. The van der Waals surface area contributed by atoms with Crippen LogP contribution in [0.1, 0.15) is 31.2 Å². The number of rotatable bonds is 10. The fourth-order valence-corrected chi connectivity index (χ4v) is 4.76. The van der Waals surface area contributed by atoms with Gasteiger partial charge >= 0.3 is 0 Å². The zero-order chi connectivity index (χ0) is 24.7. The van der Waals surface area contributed by atoms with Crippen LogP contribution in [0.2, 0.25) is 5.02 Å². The number of methoxy groups -OCH3 is 2. The number of halogens is 1. The molecule has 0 unspecified atom stereocenters. The topological polar surface area (TPSA) is 88.1 Å². The number of benzene rings is 2. The van der Waals surface area contributed by atoms with E-state index in [1.165, 1.54) is 26.0 Å². The van der Waals surface area contributed by atoms with Crippen LogP contribution in [0.4, 0.5) is 5.69 Å². The second-order valence-corrected chi connectivity index (χ2v) is 9.59. The zero-order valence-corrected chi connectivity index (χ0v) is 21.2. The number of amides is 2. The van der Waals surface area contributed by atoms with E-state index in [0.717, 1.165) is 12.8 Å². The molecule has 1 aliphatic rings. The van der Waals surface area contributed by atoms with Crippen LogP contribution in [0.5, 0.6) is 17.2 Å². The Morgan fingerprint density at radius 2 is 1.79 bits per heavy atom. The summed E-state index contributed by atoms with van der Waals surface area (Å²) < 4.78 is 10.8. The van der Waals surface area contributed by atoms with E-state index in [2.05, 4.69) is 5.32 Å². The first kappa shape index (κ1) is 25.9. The van der Waals surface area contributed by atoms with Crippen molar-refractivity contribution in [1.29, 1.82) is 0 Å². The third-order valence-electron chi connectivity index (χ3n) is 5.09. The monoisotopic (exact) mass is 520 g/mol. The molecule has 2 aromatic rings. The van der Waals surface area contributed by atoms with E-state index in [-0.39, 0.29) is 29.1 Å². The SMILES string of the molecule is COc1cc(/C=C2\SC(=S)N(CCCCCC(=O)Nc3ccc(Cl)cc3)C2=O)cc(OC)c1O. The van der Waals surface area contributed by atoms with E-state index in [4.69, 9.17) is 33.3 Å². The van der Waals surface area contributed by atoms with Crippen molar-refractivity contribution in [3.05, 3.63) is 51.9 Å². The molecule has 1 aliphatic heterocycles. The average Bonchev–Trinajstić information content (AvgIpc) is 3.08. The van der Waals surface area contributed by atoms with Crippen molar-refractivity contribution in [1.82, 2.24) is 4.90 Å². The molecule has 0 saturated carbocycles. The number of thioether (sulfide) groups is 1. The lowest BCUT2D eigenvalue weighted by Crippen LogP contribution is -2.29. The van der Waals surface area contributed by atoms with E-state index in [1.54, 1.807) is 47.4 Å². The molecular formula is C24H25ClN2O5S2. The van der Waals surface area contributed by atoms with Gasteiger partial charge < -0.3 is 19.9 Å². The molecule has 1 fully saturated rings. The standard InChI is InChI=1S/C24H25ClN2O5S2/c1-31-18-12-15(13-19(32-2)22(18)29)14-20-23(30)27(24(33)34-20)11-5-3-4-6-21(28)26-17-9-7-16(25)8-10-17/h7-10,12-14,29H,3-6,11H2,1-2H3,(H,26,28)/b20-14-. The Morgan fingerprint density at radius 3 is 2.41 bits per heavy atom. The van der Waals surface area contributed by atoms with Gasteiger partial charge in [-0.1, -0.05) is 42.0 Å². The van der Waals surface area contributed by atoms with Gasteiger partial charge in [-0.05, 0) is 60.9 Å². The number of nitrogens with zero attached hydrogens (tertiary/aromatic N) is 1. The van der Waals surface area contributed by atoms with Gasteiger partial charge in [0, 0.05) is 23.7 Å². The summed E-state index contributed by atoms with van der Waals surface area (Å²) in [6.45, 7) is 0.489. The van der Waals surface area contributed by atoms with Gasteiger partial charge in [0.2, 0.25) is 11.7 Å². The first-order valence-corrected chi connectivity index (χ1v) is 12.2. The van der Waals surface area contributed by atoms with Crippen molar-refractivity contribution in [2.24, 2.45) is 0 Å². The smallest absolute Gasteiger partial charge is 0.266 e. The molecule has 3 rings (SSSR count). The first-order valence-electron chi connectivity index (χ1n) is 10.6. The maximum Gasteiger partial charge on any atom is 0.266 e. The molecule has 0 radical (unpaired) electrons. The molecule has 10 heteroatoms. The van der Waals surface area contributed by atoms with E-state index >= 15 is 0 Å². The second kappa shape index (κ2) is 12.1. The lowest BCUT2D eigenvalue weighted by atomic mass is 10.1. The molecule has 2 aromatic carbocycles. The number of carbonyl (C=O) groups is 2. The Bertz CT molecular complexity index is 1080. The summed E-state index contributed by atoms with van der Waals surface area (Å²) >= 11 is 12.5. The highest BCUT2D eigenvalue weighted by molar-refractivity contribution is 8.26. The maximum atomic E-state index is 12.9. The normalized spacial score (nSPS) is 14.6. The van der Waals surface area contributed by atoms with Gasteiger partial charge in [-0.25, -0.2) is 0 Å². The van der Waals surface area contributed by atoms with E-state index in [0.29, 0.717) is 44.9 Å². The molecule has 2 N–H and O–H groups in total. The summed E-state index contributed by atoms with van der Waals surface area (Å²) in [6.07, 6.45) is 4.32. The van der Waals surface area contributed by atoms with Crippen LogP contribution < -0.4 is 14.8 Å². The number of thiocarbonyl (C=S) groups is 1. The third-order valence-corrected chi connectivity index (χ3v) is 6.72. The van der Waals surface area contributed by atoms with E-state index in [9.17, 15) is 14.7 Å². The van der Waals surface area contributed by atoms with Gasteiger partial charge in [0.25, 0.3) is 5.91 Å². The Morgan fingerprint density at radius 1 is 1.15 bits per heavy atom. The molecule has 34 heavy (non-hydrogen) atoms. The predicted octanol–water partition coefficient (Wildman–Crippen LogP) is 5.46. The Labute approximate surface area is 213 Å². The highest BCUT2D eigenvalue weighted by Gasteiger charge is 2.31. The molecular weight excluding hydrogens is 496 g/mol. The number of aromatic hydroxyl groups is 1. The van der Waals surface area contributed by atoms with Crippen LogP contribution in [-0.2, 0) is 9.59 Å². The molecule has 1 saturated heterocycles. The van der Waals surface area contributed by atoms with Crippen LogP contribution in [0.25, 0.3) is 6.08 Å². The largest absolute Gasteiger partial charge is 0.502 e. The van der Waals surface area contributed by atoms with Crippen LogP contribution in [0.3, 0.4) is 0 Å². The lowest BCUT2D eigenvalue weighted by molar-refractivity contribution is -0.122. The van der Waals surface area contributed by atoms with Crippen molar-refractivity contribution in [2.45, 2.75) is 25.7 Å². The van der Waals surface area contributed by atoms with Crippen molar-refractivity contribution >= 4 is 63.5 Å². The Hall–Kier alpha value is -2.75. The van der Waals surface area contributed by atoms with Crippen molar-refractivity contribution in [3.63, 3.8) is 0 Å². The van der Waals surface area contributed by atoms with E-state index < -0.39 is 0 Å². The minimum atomic E-state index is -0.165. The van der Waals surface area contributed by atoms with Crippen LogP contribution in [0, 0.1) is 0 Å². The highest BCUT2D eigenvalue weighted by Crippen LogP contribution is 2.39. The number of hydrogen-bond donors (Lipinski definition) is 2. The van der Waals surface area contributed by atoms with Crippen LogP contribution >= 0.6 is 35.6 Å². The molecule has 0 aliphatic carbocycles. The summed E-state index contributed by atoms with van der Waals surface area (Å²) in [7, 11) is 2.89. The number of hydrogen-bond acceptors (Lipinski definition) is 7. The summed E-state index contributed by atoms with van der Waals surface area (Å²) in [5.41, 5.74) is 1.36. The van der Waals surface area contributed by atoms with Crippen LogP contribution in [0.15, 0.2) is 41.3 Å². The molecule has 1 heterocycles. The minimum absolute atomic E-state index is 0.0596. The molecule has 2 amide bonds. The lowest BCUT2D eigenvalue weighted by Gasteiger charge is -2.14. The van der Waals surface area contributed by atoms with Gasteiger partial charge in [-0.2, -0.15) is 0 Å². The fraction of sp³-hybridized carbons (Fsp3) is 0.292. The Balaban J connectivity index is 1.49. The van der Waals surface area contributed by atoms with Gasteiger partial charge in [-0.3, -0.25) is 14.5 Å². The third kappa shape index (κ3) is 6.65. The number of carbonyl (C=O) groups excluding carboxylic acids is 2. The maximum absolute atomic E-state index is 12.9. The van der Waals surface area contributed by atoms with Gasteiger partial charge in [0.15, 0.2) is 11.5 Å². The van der Waals surface area contributed by atoms with Gasteiger partial charge in [-0.15, -0.1) is 0 Å². The number of phenolic OH excluding ortho intramolecular Hbond substituents is 1. The molecule has 7 nitrogen and oxygen atoms in total. The van der Waals surface area contributed by atoms with Crippen molar-refractivity contribution in [3.8, 4) is 17.2 Å². The predicted molar refractivity (Wildman–Crippen MR) is 140 cm³/mol. The number of nitrogens with one attached hydrogen (secondary N) is 1. The number of phenols is 1. The molecule has 180 valence electrons. The molecule has 0 atom stereocenters. The van der Waals surface area contributed by atoms with Gasteiger partial charge in [0.1, 0.15) is 4.32 Å². The molecule has 0 spiro atoms. The van der Waals surface area contributed by atoms with Gasteiger partial charge in [0.05, 0.1) is 19.1 Å². The highest BCUT2D eigenvalue weighted by atomic mass is 35.5. The summed E-state index contributed by atoms with van der Waals surface area (Å²) in [4.78, 5) is 27.0. The quantitative estimate of drug-likeness (QED) is 0.244. The Kier molecular flexibility index (Phi) is 9.20. The van der Waals surface area contributed by atoms with E-state index in [1.807, 2.05) is 0 Å². The minimum Gasteiger partial charge on any atom is -0.502 e. The first-order chi connectivity index (χ1) is 16.3.